The third kappa shape index (κ3) is 20.2. The second-order valence-electron chi connectivity index (χ2n) is 5.67. The van der Waals surface area contributed by atoms with Gasteiger partial charge >= 0.3 is 0 Å². The van der Waals surface area contributed by atoms with Crippen LogP contribution in [0.5, 0.6) is 0 Å². The Morgan fingerprint density at radius 3 is 1.81 bits per heavy atom. The third-order valence-electron chi connectivity index (χ3n) is 3.33. The lowest BCUT2D eigenvalue weighted by Crippen LogP contribution is -2.24. The summed E-state index contributed by atoms with van der Waals surface area (Å²) in [5.74, 6) is 0.526. The van der Waals surface area contributed by atoms with E-state index in [2.05, 4.69) is 85.2 Å². The molecule has 0 aliphatic rings. The van der Waals surface area contributed by atoms with Crippen LogP contribution in [0.4, 0.5) is 0 Å². The molecule has 1 amide bonds. The van der Waals surface area contributed by atoms with Crippen LogP contribution < -0.4 is 5.32 Å². The number of nitrogens with one attached hydrogen (secondary N) is 1. The molecule has 0 aliphatic heterocycles. The highest BCUT2D eigenvalue weighted by molar-refractivity contribution is 6.18. The lowest BCUT2D eigenvalue weighted by molar-refractivity contribution is -0.120. The highest BCUT2D eigenvalue weighted by atomic mass is 35.5. The molecule has 2 nitrogen and oxygen atoms in total. The summed E-state index contributed by atoms with van der Waals surface area (Å²) < 4.78 is 0. The number of carbonyl (C=O) groups is 1. The van der Waals surface area contributed by atoms with Gasteiger partial charge in [-0.2, -0.15) is 0 Å². The van der Waals surface area contributed by atoms with Crippen LogP contribution in [-0.2, 0) is 4.79 Å². The van der Waals surface area contributed by atoms with E-state index in [4.69, 9.17) is 11.6 Å². The monoisotopic (exact) mass is 375 g/mol. The van der Waals surface area contributed by atoms with Gasteiger partial charge in [0.2, 0.25) is 5.91 Å². The van der Waals surface area contributed by atoms with Crippen molar-refractivity contribution in [3.63, 3.8) is 0 Å². The molecule has 0 rings (SSSR count). The molecule has 0 saturated carbocycles. The number of hydrogen-bond donors (Lipinski definition) is 1. The molecule has 0 aromatic carbocycles. The van der Waals surface area contributed by atoms with Crippen molar-refractivity contribution in [2.75, 3.05) is 12.4 Å². The van der Waals surface area contributed by atoms with E-state index in [1.807, 2.05) is 0 Å². The van der Waals surface area contributed by atoms with Gasteiger partial charge in [0.15, 0.2) is 0 Å². The summed E-state index contributed by atoms with van der Waals surface area (Å²) in [6.07, 6.45) is 32.0. The van der Waals surface area contributed by atoms with Crippen LogP contribution in [0, 0.1) is 0 Å². The molecule has 0 saturated heterocycles. The summed E-state index contributed by atoms with van der Waals surface area (Å²) in [4.78, 5) is 11.3. The van der Waals surface area contributed by atoms with E-state index in [-0.39, 0.29) is 5.91 Å². The predicted molar refractivity (Wildman–Crippen MR) is 117 cm³/mol. The van der Waals surface area contributed by atoms with Gasteiger partial charge in [-0.1, -0.05) is 79.8 Å². The van der Waals surface area contributed by atoms with Crippen molar-refractivity contribution < 1.29 is 4.79 Å². The molecule has 144 valence electrons. The highest BCUT2D eigenvalue weighted by Gasteiger charge is 1.96. The van der Waals surface area contributed by atoms with Crippen LogP contribution in [-0.4, -0.2) is 18.3 Å². The maximum atomic E-state index is 11.3. The lowest BCUT2D eigenvalue weighted by atomic mass is 10.2. The molecular formula is C23H34ClNO. The molecule has 0 fully saturated rings. The summed E-state index contributed by atoms with van der Waals surface area (Å²) >= 11 is 5.51. The summed E-state index contributed by atoms with van der Waals surface area (Å²) in [5, 5.41) is 2.75. The molecular weight excluding hydrogens is 342 g/mol. The minimum absolute atomic E-state index is 0.0628. The molecule has 0 bridgehead atoms. The number of hydrogen-bond acceptors (Lipinski definition) is 1. The van der Waals surface area contributed by atoms with Gasteiger partial charge in [-0.25, -0.2) is 0 Å². The maximum absolute atomic E-state index is 11.3. The Bertz CT molecular complexity index is 498. The SMILES string of the molecule is CC/C=C\C/C=C\C/C=C\C=C/C/C=C\C/C=C\CCC(=O)NCCCl. The Balaban J connectivity index is 3.57. The Morgan fingerprint density at radius 1 is 0.769 bits per heavy atom. The van der Waals surface area contributed by atoms with E-state index in [0.717, 1.165) is 38.5 Å². The van der Waals surface area contributed by atoms with Crippen molar-refractivity contribution in [2.45, 2.75) is 51.9 Å². The quantitative estimate of drug-likeness (QED) is 0.199. The third-order valence-corrected chi connectivity index (χ3v) is 3.52. The molecule has 1 N–H and O–H groups in total. The first-order valence-electron chi connectivity index (χ1n) is 9.55. The fourth-order valence-electron chi connectivity index (χ4n) is 1.98. The van der Waals surface area contributed by atoms with E-state index in [0.29, 0.717) is 18.8 Å². The van der Waals surface area contributed by atoms with E-state index in [1.54, 1.807) is 0 Å². The zero-order chi connectivity index (χ0) is 19.1. The van der Waals surface area contributed by atoms with Crippen molar-refractivity contribution in [1.29, 1.82) is 0 Å². The van der Waals surface area contributed by atoms with E-state index >= 15 is 0 Å². The molecule has 0 heterocycles. The lowest BCUT2D eigenvalue weighted by Gasteiger charge is -1.99. The number of alkyl halides is 1. The molecule has 3 heteroatoms. The number of amides is 1. The first kappa shape index (κ1) is 24.2. The number of carbonyl (C=O) groups excluding carboxylic acids is 1. The summed E-state index contributed by atoms with van der Waals surface area (Å²) in [7, 11) is 0. The Kier molecular flexibility index (Phi) is 19.8. The maximum Gasteiger partial charge on any atom is 0.220 e. The van der Waals surface area contributed by atoms with Crippen molar-refractivity contribution in [3.05, 3.63) is 72.9 Å². The molecule has 0 unspecified atom stereocenters. The summed E-state index contributed by atoms with van der Waals surface area (Å²) in [5.41, 5.74) is 0. The Morgan fingerprint density at radius 2 is 1.27 bits per heavy atom. The predicted octanol–water partition coefficient (Wildman–Crippen LogP) is 6.43. The van der Waals surface area contributed by atoms with Gasteiger partial charge < -0.3 is 5.32 Å². The van der Waals surface area contributed by atoms with Crippen LogP contribution in [0.25, 0.3) is 0 Å². The molecule has 0 atom stereocenters. The second-order valence-corrected chi connectivity index (χ2v) is 6.05. The van der Waals surface area contributed by atoms with Crippen molar-refractivity contribution >= 4 is 17.5 Å². The van der Waals surface area contributed by atoms with Gasteiger partial charge in [0.05, 0.1) is 0 Å². The van der Waals surface area contributed by atoms with Crippen LogP contribution in [0.2, 0.25) is 0 Å². The minimum atomic E-state index is 0.0628. The van der Waals surface area contributed by atoms with E-state index in [9.17, 15) is 4.79 Å². The first-order chi connectivity index (χ1) is 12.8. The molecule has 0 aliphatic carbocycles. The van der Waals surface area contributed by atoms with Crippen LogP contribution >= 0.6 is 11.6 Å². The zero-order valence-corrected chi connectivity index (χ0v) is 16.8. The van der Waals surface area contributed by atoms with Crippen molar-refractivity contribution in [1.82, 2.24) is 5.32 Å². The van der Waals surface area contributed by atoms with Gasteiger partial charge in [-0.05, 0) is 38.5 Å². The Labute approximate surface area is 165 Å². The van der Waals surface area contributed by atoms with Crippen LogP contribution in [0.3, 0.4) is 0 Å². The number of halogens is 1. The smallest absolute Gasteiger partial charge is 0.220 e. The van der Waals surface area contributed by atoms with Crippen molar-refractivity contribution in [2.24, 2.45) is 0 Å². The first-order valence-corrected chi connectivity index (χ1v) is 10.1. The highest BCUT2D eigenvalue weighted by Crippen LogP contribution is 1.96. The van der Waals surface area contributed by atoms with E-state index < -0.39 is 0 Å². The summed E-state index contributed by atoms with van der Waals surface area (Å²) in [6, 6.07) is 0. The molecule has 26 heavy (non-hydrogen) atoms. The van der Waals surface area contributed by atoms with Gasteiger partial charge in [0, 0.05) is 18.8 Å². The summed E-state index contributed by atoms with van der Waals surface area (Å²) in [6.45, 7) is 2.69. The van der Waals surface area contributed by atoms with Crippen LogP contribution in [0.15, 0.2) is 72.9 Å². The normalized spacial score (nSPS) is 12.8. The fourth-order valence-corrected chi connectivity index (χ4v) is 2.07. The van der Waals surface area contributed by atoms with Gasteiger partial charge in [0.1, 0.15) is 0 Å². The molecule has 0 spiro atoms. The molecule has 0 radical (unpaired) electrons. The fraction of sp³-hybridized carbons (Fsp3) is 0.435. The molecule has 0 aromatic heterocycles. The number of rotatable bonds is 15. The number of allylic oxidation sites excluding steroid dienone is 12. The van der Waals surface area contributed by atoms with Gasteiger partial charge in [0.25, 0.3) is 0 Å². The largest absolute Gasteiger partial charge is 0.355 e. The topological polar surface area (TPSA) is 29.1 Å². The zero-order valence-electron chi connectivity index (χ0n) is 16.1. The standard InChI is InChI=1S/C23H34ClNO/c1-2-3-4-5-6-7-8-9-10-11-12-13-14-15-16-17-18-19-20-23(26)25-22-21-24/h3-4,6-7,9-12,14-15,17-18H,2,5,8,13,16,19-22H2,1H3,(H,25,26)/b4-3-,7-6-,10-9-,12-11-,15-14-,18-17-. The minimum Gasteiger partial charge on any atom is -0.355 e. The second kappa shape index (κ2) is 21.2. The van der Waals surface area contributed by atoms with Gasteiger partial charge in [-0.3, -0.25) is 4.79 Å². The average molecular weight is 376 g/mol. The van der Waals surface area contributed by atoms with E-state index in [1.165, 1.54) is 0 Å². The van der Waals surface area contributed by atoms with Crippen molar-refractivity contribution in [3.8, 4) is 0 Å². The average Bonchev–Trinajstić information content (AvgIpc) is 2.65. The van der Waals surface area contributed by atoms with Gasteiger partial charge in [-0.15, -0.1) is 11.6 Å². The Hall–Kier alpha value is -1.80. The van der Waals surface area contributed by atoms with Crippen LogP contribution in [0.1, 0.15) is 51.9 Å². The molecule has 0 aromatic rings.